The summed E-state index contributed by atoms with van der Waals surface area (Å²) < 4.78 is 0. The largest absolute Gasteiger partial charge is 0.508 e. The summed E-state index contributed by atoms with van der Waals surface area (Å²) in [7, 11) is 0. The molecule has 0 bridgehead atoms. The van der Waals surface area contributed by atoms with E-state index >= 15 is 0 Å². The first-order valence-corrected chi connectivity index (χ1v) is 3.82. The quantitative estimate of drug-likeness (QED) is 0.603. The Labute approximate surface area is 70.0 Å². The van der Waals surface area contributed by atoms with E-state index in [1.54, 1.807) is 12.1 Å². The molecule has 3 nitrogen and oxygen atoms in total. The zero-order valence-corrected chi connectivity index (χ0v) is 6.66. The van der Waals surface area contributed by atoms with E-state index in [9.17, 15) is 4.79 Å². The number of phenolic OH excluding ortho intramolecular Hbond substituents is 1. The van der Waals surface area contributed by atoms with Crippen molar-refractivity contribution in [2.45, 2.75) is 13.0 Å². The molecular weight excluding hydrogens is 154 g/mol. The molecule has 3 heteroatoms. The second-order valence-corrected chi connectivity index (χ2v) is 2.97. The molecule has 0 saturated heterocycles. The summed E-state index contributed by atoms with van der Waals surface area (Å²) in [6.45, 7) is 1.92. The maximum Gasteiger partial charge on any atom is 0.252 e. The number of carbonyl (C=O) groups excluding carboxylic acids is 1. The highest BCUT2D eigenvalue weighted by Crippen LogP contribution is 2.27. The number of hydrogen-bond donors (Lipinski definition) is 2. The van der Waals surface area contributed by atoms with Gasteiger partial charge in [0.1, 0.15) is 5.75 Å². The first-order chi connectivity index (χ1) is 5.68. The Morgan fingerprint density at radius 2 is 2.25 bits per heavy atom. The maximum atomic E-state index is 11.2. The van der Waals surface area contributed by atoms with Gasteiger partial charge in [0, 0.05) is 5.56 Å². The molecule has 1 unspecified atom stereocenters. The Hall–Kier alpha value is -1.51. The number of aromatic hydroxyl groups is 1. The molecule has 1 aliphatic rings. The molecule has 1 heterocycles. The van der Waals surface area contributed by atoms with E-state index in [4.69, 9.17) is 5.11 Å². The van der Waals surface area contributed by atoms with E-state index < -0.39 is 0 Å². The summed E-state index contributed by atoms with van der Waals surface area (Å²) in [6.07, 6.45) is 0. The van der Waals surface area contributed by atoms with Gasteiger partial charge in [-0.3, -0.25) is 4.79 Å². The van der Waals surface area contributed by atoms with Crippen molar-refractivity contribution in [1.29, 1.82) is 0 Å². The molecule has 1 aromatic carbocycles. The molecular formula is C9H9NO2. The number of amides is 1. The highest BCUT2D eigenvalue weighted by molar-refractivity contribution is 5.99. The summed E-state index contributed by atoms with van der Waals surface area (Å²) in [5, 5.41) is 11.9. The number of hydrogen-bond acceptors (Lipinski definition) is 2. The smallest absolute Gasteiger partial charge is 0.252 e. The molecule has 1 aliphatic heterocycles. The van der Waals surface area contributed by atoms with Crippen molar-refractivity contribution in [2.24, 2.45) is 0 Å². The average Bonchev–Trinajstić information content (AvgIpc) is 2.28. The van der Waals surface area contributed by atoms with Crippen LogP contribution in [-0.4, -0.2) is 11.0 Å². The van der Waals surface area contributed by atoms with Gasteiger partial charge in [-0.05, 0) is 24.6 Å². The Balaban J connectivity index is 2.60. The first kappa shape index (κ1) is 7.16. The molecule has 1 amide bonds. The van der Waals surface area contributed by atoms with Crippen LogP contribution in [0.3, 0.4) is 0 Å². The minimum atomic E-state index is -0.103. The number of carbonyl (C=O) groups is 1. The van der Waals surface area contributed by atoms with Crippen LogP contribution >= 0.6 is 0 Å². The number of rotatable bonds is 0. The zero-order valence-electron chi connectivity index (χ0n) is 6.66. The summed E-state index contributed by atoms with van der Waals surface area (Å²) in [4.78, 5) is 11.2. The molecule has 1 aromatic rings. The molecule has 0 saturated carbocycles. The van der Waals surface area contributed by atoms with E-state index in [2.05, 4.69) is 5.32 Å². The van der Waals surface area contributed by atoms with E-state index in [1.165, 1.54) is 6.07 Å². The van der Waals surface area contributed by atoms with Crippen LogP contribution in [-0.2, 0) is 0 Å². The third kappa shape index (κ3) is 0.863. The van der Waals surface area contributed by atoms with Gasteiger partial charge in [0.25, 0.3) is 5.91 Å². The lowest BCUT2D eigenvalue weighted by Crippen LogP contribution is -2.16. The van der Waals surface area contributed by atoms with Crippen molar-refractivity contribution in [3.8, 4) is 5.75 Å². The highest BCUT2D eigenvalue weighted by Gasteiger charge is 2.24. The van der Waals surface area contributed by atoms with Crippen LogP contribution in [0.5, 0.6) is 5.75 Å². The Morgan fingerprint density at radius 1 is 1.50 bits per heavy atom. The van der Waals surface area contributed by atoms with Gasteiger partial charge in [0.15, 0.2) is 0 Å². The van der Waals surface area contributed by atoms with Crippen molar-refractivity contribution in [3.63, 3.8) is 0 Å². The molecule has 2 rings (SSSR count). The standard InChI is InChI=1S/C9H9NO2/c1-5-7-3-2-6(11)4-8(7)9(12)10-5/h2-5,11H,1H3,(H,10,12). The Bertz CT molecular complexity index is 346. The van der Waals surface area contributed by atoms with Crippen molar-refractivity contribution in [1.82, 2.24) is 5.32 Å². The number of benzene rings is 1. The maximum absolute atomic E-state index is 11.2. The molecule has 2 N–H and O–H groups in total. The second-order valence-electron chi connectivity index (χ2n) is 2.97. The van der Waals surface area contributed by atoms with Crippen LogP contribution in [0.15, 0.2) is 18.2 Å². The Morgan fingerprint density at radius 3 is 3.00 bits per heavy atom. The summed E-state index contributed by atoms with van der Waals surface area (Å²) >= 11 is 0. The predicted molar refractivity (Wildman–Crippen MR) is 44.0 cm³/mol. The molecule has 62 valence electrons. The number of fused-ring (bicyclic) bond motifs is 1. The van der Waals surface area contributed by atoms with Crippen molar-refractivity contribution < 1.29 is 9.90 Å². The Kier molecular flexibility index (Phi) is 1.33. The average molecular weight is 163 g/mol. The van der Waals surface area contributed by atoms with Gasteiger partial charge < -0.3 is 10.4 Å². The normalized spacial score (nSPS) is 20.4. The van der Waals surface area contributed by atoms with Crippen LogP contribution in [0.2, 0.25) is 0 Å². The van der Waals surface area contributed by atoms with Crippen molar-refractivity contribution >= 4 is 5.91 Å². The molecule has 1 atom stereocenters. The summed E-state index contributed by atoms with van der Waals surface area (Å²) in [5.74, 6) is 0.0337. The second kappa shape index (κ2) is 2.24. The van der Waals surface area contributed by atoms with E-state index in [0.29, 0.717) is 5.56 Å². The lowest BCUT2D eigenvalue weighted by Gasteiger charge is -2.01. The predicted octanol–water partition coefficient (Wildman–Crippen LogP) is 1.20. The van der Waals surface area contributed by atoms with E-state index in [0.717, 1.165) is 5.56 Å². The van der Waals surface area contributed by atoms with Crippen LogP contribution < -0.4 is 5.32 Å². The number of nitrogens with one attached hydrogen (secondary N) is 1. The molecule has 0 radical (unpaired) electrons. The van der Waals surface area contributed by atoms with Gasteiger partial charge in [0.05, 0.1) is 6.04 Å². The van der Waals surface area contributed by atoms with Crippen molar-refractivity contribution in [3.05, 3.63) is 29.3 Å². The topological polar surface area (TPSA) is 49.3 Å². The van der Waals surface area contributed by atoms with Crippen LogP contribution in [0.25, 0.3) is 0 Å². The molecule has 0 fully saturated rings. The third-order valence-electron chi connectivity index (χ3n) is 2.10. The van der Waals surface area contributed by atoms with Crippen LogP contribution in [0.4, 0.5) is 0 Å². The molecule has 12 heavy (non-hydrogen) atoms. The molecule has 0 spiro atoms. The SMILES string of the molecule is CC1NC(=O)c2cc(O)ccc21. The third-order valence-corrected chi connectivity index (χ3v) is 2.10. The van der Waals surface area contributed by atoms with Gasteiger partial charge in [-0.25, -0.2) is 0 Å². The fraction of sp³-hybridized carbons (Fsp3) is 0.222. The fourth-order valence-corrected chi connectivity index (χ4v) is 1.47. The van der Waals surface area contributed by atoms with Crippen LogP contribution in [0.1, 0.15) is 28.9 Å². The van der Waals surface area contributed by atoms with Gasteiger partial charge in [-0.1, -0.05) is 6.07 Å². The van der Waals surface area contributed by atoms with Gasteiger partial charge in [-0.2, -0.15) is 0 Å². The van der Waals surface area contributed by atoms with Crippen LogP contribution in [0, 0.1) is 0 Å². The summed E-state index contributed by atoms with van der Waals surface area (Å²) in [5.41, 5.74) is 1.54. The monoisotopic (exact) mass is 163 g/mol. The van der Waals surface area contributed by atoms with Gasteiger partial charge in [-0.15, -0.1) is 0 Å². The zero-order chi connectivity index (χ0) is 8.72. The lowest BCUT2D eigenvalue weighted by atomic mass is 10.1. The van der Waals surface area contributed by atoms with Gasteiger partial charge in [0.2, 0.25) is 0 Å². The van der Waals surface area contributed by atoms with Gasteiger partial charge >= 0.3 is 0 Å². The highest BCUT2D eigenvalue weighted by atomic mass is 16.3. The number of phenols is 1. The first-order valence-electron chi connectivity index (χ1n) is 3.82. The molecule has 0 aromatic heterocycles. The van der Waals surface area contributed by atoms with E-state index in [-0.39, 0.29) is 17.7 Å². The fourth-order valence-electron chi connectivity index (χ4n) is 1.47. The lowest BCUT2D eigenvalue weighted by molar-refractivity contribution is 0.0958. The minimum Gasteiger partial charge on any atom is -0.508 e. The minimum absolute atomic E-state index is 0.0631. The van der Waals surface area contributed by atoms with E-state index in [1.807, 2.05) is 6.92 Å². The molecule has 0 aliphatic carbocycles. The summed E-state index contributed by atoms with van der Waals surface area (Å²) in [6, 6.07) is 4.92. The van der Waals surface area contributed by atoms with Crippen molar-refractivity contribution in [2.75, 3.05) is 0 Å².